The van der Waals surface area contributed by atoms with Crippen molar-refractivity contribution in [3.8, 4) is 17.2 Å². The van der Waals surface area contributed by atoms with E-state index in [4.69, 9.17) is 19.3 Å². The Labute approximate surface area is 161 Å². The number of carboxylic acids is 1. The summed E-state index contributed by atoms with van der Waals surface area (Å²) < 4.78 is 16.0. The van der Waals surface area contributed by atoms with Crippen molar-refractivity contribution in [3.05, 3.63) is 17.7 Å². The van der Waals surface area contributed by atoms with Crippen molar-refractivity contribution in [1.82, 2.24) is 4.90 Å². The number of methoxy groups -OCH3 is 3. The van der Waals surface area contributed by atoms with Gasteiger partial charge in [-0.1, -0.05) is 6.42 Å². The summed E-state index contributed by atoms with van der Waals surface area (Å²) in [5.74, 6) is 0.356. The molecule has 7 heteroatoms. The molecule has 152 valence electrons. The number of rotatable bonds is 10. The fraction of sp³-hybridized carbons (Fsp3) is 0.600. The van der Waals surface area contributed by atoms with E-state index in [1.165, 1.54) is 21.3 Å². The van der Waals surface area contributed by atoms with Crippen molar-refractivity contribution in [1.29, 1.82) is 0 Å². The second-order valence-corrected chi connectivity index (χ2v) is 7.25. The summed E-state index contributed by atoms with van der Waals surface area (Å²) in [6, 6.07) is 3.29. The van der Waals surface area contributed by atoms with Crippen LogP contribution >= 0.6 is 0 Å². The number of carboxylic acid groups (broad SMARTS) is 1. The highest BCUT2D eigenvalue weighted by atomic mass is 16.5. The zero-order valence-corrected chi connectivity index (χ0v) is 17.1. The summed E-state index contributed by atoms with van der Waals surface area (Å²) in [5, 5.41) is 8.73. The average molecular weight is 381 g/mol. The standard InChI is InChI=1S/C20H31NO6/c1-20(2,3)21(11-9-7-8-10-17(22)23)19(24)14-12-15(25-4)18(27-6)16(13-14)26-5/h12-13H,7-11H2,1-6H3,(H,22,23). The Morgan fingerprint density at radius 1 is 0.963 bits per heavy atom. The number of hydrogen-bond donors (Lipinski definition) is 1. The van der Waals surface area contributed by atoms with Crippen LogP contribution in [0.3, 0.4) is 0 Å². The Morgan fingerprint density at radius 3 is 1.93 bits per heavy atom. The number of amides is 1. The van der Waals surface area contributed by atoms with Crippen LogP contribution in [0.25, 0.3) is 0 Å². The van der Waals surface area contributed by atoms with Crippen molar-refractivity contribution in [2.45, 2.75) is 52.0 Å². The molecule has 0 bridgehead atoms. The first-order chi connectivity index (χ1) is 12.6. The van der Waals surface area contributed by atoms with Gasteiger partial charge in [0.2, 0.25) is 5.75 Å². The molecule has 0 saturated heterocycles. The van der Waals surface area contributed by atoms with Gasteiger partial charge in [-0.3, -0.25) is 9.59 Å². The normalized spacial score (nSPS) is 11.0. The van der Waals surface area contributed by atoms with Gasteiger partial charge in [-0.05, 0) is 45.7 Å². The first-order valence-electron chi connectivity index (χ1n) is 8.99. The summed E-state index contributed by atoms with van der Waals surface area (Å²) in [6.07, 6.45) is 2.24. The predicted octanol–water partition coefficient (Wildman–Crippen LogP) is 3.60. The lowest BCUT2D eigenvalue weighted by atomic mass is 10.0. The number of ether oxygens (including phenoxy) is 3. The molecule has 0 saturated carbocycles. The monoisotopic (exact) mass is 381 g/mol. The Morgan fingerprint density at radius 2 is 1.52 bits per heavy atom. The van der Waals surface area contributed by atoms with Gasteiger partial charge in [0.15, 0.2) is 11.5 Å². The molecule has 0 aliphatic heterocycles. The van der Waals surface area contributed by atoms with Crippen LogP contribution in [0, 0.1) is 0 Å². The molecule has 1 rings (SSSR count). The molecule has 0 fully saturated rings. The highest BCUT2D eigenvalue weighted by Crippen LogP contribution is 2.38. The molecular formula is C20H31NO6. The number of benzene rings is 1. The SMILES string of the molecule is COc1cc(C(=O)N(CCCCCC(=O)O)C(C)(C)C)cc(OC)c1OC. The molecule has 0 radical (unpaired) electrons. The van der Waals surface area contributed by atoms with Crippen LogP contribution in [0.15, 0.2) is 12.1 Å². The lowest BCUT2D eigenvalue weighted by Crippen LogP contribution is -2.46. The lowest BCUT2D eigenvalue weighted by Gasteiger charge is -2.36. The van der Waals surface area contributed by atoms with Crippen LogP contribution in [0.4, 0.5) is 0 Å². The first kappa shape index (κ1) is 22.6. The molecule has 7 nitrogen and oxygen atoms in total. The van der Waals surface area contributed by atoms with Crippen LogP contribution in [0.1, 0.15) is 56.8 Å². The molecular weight excluding hydrogens is 350 g/mol. The van der Waals surface area contributed by atoms with Crippen molar-refractivity contribution in [3.63, 3.8) is 0 Å². The van der Waals surface area contributed by atoms with E-state index in [9.17, 15) is 9.59 Å². The molecule has 1 aromatic carbocycles. The Kier molecular flexibility index (Phi) is 8.40. The van der Waals surface area contributed by atoms with Gasteiger partial charge in [0.1, 0.15) is 0 Å². The van der Waals surface area contributed by atoms with Gasteiger partial charge in [0.25, 0.3) is 5.91 Å². The smallest absolute Gasteiger partial charge is 0.303 e. The van der Waals surface area contributed by atoms with Crippen molar-refractivity contribution < 1.29 is 28.9 Å². The molecule has 0 aliphatic carbocycles. The molecule has 0 atom stereocenters. The van der Waals surface area contributed by atoms with Crippen LogP contribution in [0.2, 0.25) is 0 Å². The van der Waals surface area contributed by atoms with E-state index in [1.807, 2.05) is 20.8 Å². The van der Waals surface area contributed by atoms with E-state index in [0.29, 0.717) is 35.8 Å². The Hall–Kier alpha value is -2.44. The molecule has 0 heterocycles. The van der Waals surface area contributed by atoms with E-state index in [0.717, 1.165) is 12.8 Å². The number of nitrogens with zero attached hydrogens (tertiary/aromatic N) is 1. The third-order valence-electron chi connectivity index (χ3n) is 4.24. The largest absolute Gasteiger partial charge is 0.493 e. The van der Waals surface area contributed by atoms with Gasteiger partial charge in [-0.2, -0.15) is 0 Å². The molecule has 1 amide bonds. The average Bonchev–Trinajstić information content (AvgIpc) is 2.61. The van der Waals surface area contributed by atoms with E-state index in [1.54, 1.807) is 17.0 Å². The van der Waals surface area contributed by atoms with E-state index in [2.05, 4.69) is 0 Å². The van der Waals surface area contributed by atoms with Crippen LogP contribution in [-0.2, 0) is 4.79 Å². The van der Waals surface area contributed by atoms with Crippen LogP contribution in [-0.4, -0.2) is 55.3 Å². The number of unbranched alkanes of at least 4 members (excludes halogenated alkanes) is 2. The molecule has 0 spiro atoms. The fourth-order valence-corrected chi connectivity index (χ4v) is 2.82. The van der Waals surface area contributed by atoms with E-state index in [-0.39, 0.29) is 17.9 Å². The number of carbonyl (C=O) groups is 2. The van der Waals surface area contributed by atoms with E-state index < -0.39 is 5.97 Å². The predicted molar refractivity (Wildman–Crippen MR) is 103 cm³/mol. The van der Waals surface area contributed by atoms with Gasteiger partial charge >= 0.3 is 5.97 Å². The molecule has 0 aromatic heterocycles. The summed E-state index contributed by atoms with van der Waals surface area (Å²) in [5.41, 5.74) is 0.0644. The molecule has 0 unspecified atom stereocenters. The topological polar surface area (TPSA) is 85.3 Å². The van der Waals surface area contributed by atoms with Crippen molar-refractivity contribution in [2.75, 3.05) is 27.9 Å². The second kappa shape index (κ2) is 10.0. The van der Waals surface area contributed by atoms with Gasteiger partial charge in [0, 0.05) is 24.1 Å². The van der Waals surface area contributed by atoms with Gasteiger partial charge in [-0.25, -0.2) is 0 Å². The highest BCUT2D eigenvalue weighted by Gasteiger charge is 2.28. The van der Waals surface area contributed by atoms with Crippen molar-refractivity contribution in [2.24, 2.45) is 0 Å². The zero-order chi connectivity index (χ0) is 20.6. The second-order valence-electron chi connectivity index (χ2n) is 7.25. The van der Waals surface area contributed by atoms with Crippen molar-refractivity contribution >= 4 is 11.9 Å². The minimum atomic E-state index is -0.795. The van der Waals surface area contributed by atoms with Gasteiger partial charge in [-0.15, -0.1) is 0 Å². The van der Waals surface area contributed by atoms with Crippen LogP contribution < -0.4 is 14.2 Å². The number of hydrogen-bond acceptors (Lipinski definition) is 5. The fourth-order valence-electron chi connectivity index (χ4n) is 2.82. The molecule has 27 heavy (non-hydrogen) atoms. The molecule has 1 aromatic rings. The third-order valence-corrected chi connectivity index (χ3v) is 4.24. The molecule has 1 N–H and O–H groups in total. The summed E-state index contributed by atoms with van der Waals surface area (Å²) in [4.78, 5) is 25.6. The Balaban J connectivity index is 3.03. The summed E-state index contributed by atoms with van der Waals surface area (Å²) in [6.45, 7) is 6.46. The van der Waals surface area contributed by atoms with Gasteiger partial charge in [0.05, 0.1) is 21.3 Å². The lowest BCUT2D eigenvalue weighted by molar-refractivity contribution is -0.137. The zero-order valence-electron chi connectivity index (χ0n) is 17.1. The maximum atomic E-state index is 13.2. The molecule has 0 aliphatic rings. The van der Waals surface area contributed by atoms with Gasteiger partial charge < -0.3 is 24.2 Å². The minimum Gasteiger partial charge on any atom is -0.493 e. The number of aliphatic carboxylic acids is 1. The van der Waals surface area contributed by atoms with Crippen LogP contribution in [0.5, 0.6) is 17.2 Å². The quantitative estimate of drug-likeness (QED) is 0.623. The highest BCUT2D eigenvalue weighted by molar-refractivity contribution is 5.96. The maximum absolute atomic E-state index is 13.2. The summed E-state index contributed by atoms with van der Waals surface area (Å²) >= 11 is 0. The summed E-state index contributed by atoms with van der Waals surface area (Å²) in [7, 11) is 4.53. The first-order valence-corrected chi connectivity index (χ1v) is 8.99. The third kappa shape index (κ3) is 6.34. The van der Waals surface area contributed by atoms with E-state index >= 15 is 0 Å². The Bertz CT molecular complexity index is 625. The number of carbonyl (C=O) groups excluding carboxylic acids is 1. The maximum Gasteiger partial charge on any atom is 0.303 e. The minimum absolute atomic E-state index is 0.139.